The third-order valence-corrected chi connectivity index (χ3v) is 7.92. The molecule has 0 spiro atoms. The molecular formula is C24H32N2O4S. The van der Waals surface area contributed by atoms with Gasteiger partial charge >= 0.3 is 0 Å². The first-order valence-electron chi connectivity index (χ1n) is 10.7. The highest BCUT2D eigenvalue weighted by atomic mass is 32.2. The molecule has 6 nitrogen and oxygen atoms in total. The average Bonchev–Trinajstić information content (AvgIpc) is 2.76. The molecule has 1 amide bonds. The van der Waals surface area contributed by atoms with Crippen LogP contribution in [0.1, 0.15) is 37.3 Å². The standard InChI is InChI=1S/C24H32N2O4S/c1-18-11-14-25(15-12-18)24(27)13-16-26(21-6-8-22(30-4)9-7-21)31(28,29)23-10-5-19(2)20(3)17-23/h5-10,17-18H,11-16H2,1-4H3. The zero-order chi connectivity index (χ0) is 22.6. The third kappa shape index (κ3) is 5.39. The van der Waals surface area contributed by atoms with Crippen LogP contribution in [0.15, 0.2) is 47.4 Å². The van der Waals surface area contributed by atoms with Crippen LogP contribution in [0, 0.1) is 19.8 Å². The van der Waals surface area contributed by atoms with Crippen LogP contribution in [0.5, 0.6) is 5.75 Å². The molecule has 0 radical (unpaired) electrons. The molecule has 1 aliphatic rings. The molecule has 3 rings (SSSR count). The van der Waals surface area contributed by atoms with E-state index < -0.39 is 10.0 Å². The van der Waals surface area contributed by atoms with Crippen LogP contribution in [-0.4, -0.2) is 46.0 Å². The van der Waals surface area contributed by atoms with Crippen molar-refractivity contribution in [2.75, 3.05) is 31.0 Å². The van der Waals surface area contributed by atoms with Crippen LogP contribution < -0.4 is 9.04 Å². The van der Waals surface area contributed by atoms with Gasteiger partial charge in [0.15, 0.2) is 0 Å². The van der Waals surface area contributed by atoms with E-state index in [2.05, 4.69) is 6.92 Å². The van der Waals surface area contributed by atoms with E-state index in [1.54, 1.807) is 43.5 Å². The molecule has 2 aromatic rings. The number of likely N-dealkylation sites (tertiary alicyclic amines) is 1. The summed E-state index contributed by atoms with van der Waals surface area (Å²) in [5.74, 6) is 1.27. The Morgan fingerprint density at radius 3 is 2.29 bits per heavy atom. The summed E-state index contributed by atoms with van der Waals surface area (Å²) in [5.41, 5.74) is 2.46. The minimum absolute atomic E-state index is 0.000647. The molecule has 168 valence electrons. The zero-order valence-corrected chi connectivity index (χ0v) is 19.6. The lowest BCUT2D eigenvalue weighted by Crippen LogP contribution is -2.40. The second-order valence-electron chi connectivity index (χ2n) is 8.33. The molecule has 0 N–H and O–H groups in total. The van der Waals surface area contributed by atoms with E-state index in [-0.39, 0.29) is 23.8 Å². The summed E-state index contributed by atoms with van der Waals surface area (Å²) in [4.78, 5) is 14.9. The number of methoxy groups -OCH3 is 1. The minimum Gasteiger partial charge on any atom is -0.497 e. The molecule has 0 aromatic heterocycles. The first-order chi connectivity index (χ1) is 14.7. The summed E-state index contributed by atoms with van der Waals surface area (Å²) in [6, 6.07) is 12.0. The van der Waals surface area contributed by atoms with Gasteiger partial charge in [0.05, 0.1) is 17.7 Å². The zero-order valence-electron chi connectivity index (χ0n) is 18.8. The SMILES string of the molecule is COc1ccc(N(CCC(=O)N2CCC(C)CC2)S(=O)(=O)c2ccc(C)c(C)c2)cc1. The van der Waals surface area contributed by atoms with Crippen molar-refractivity contribution < 1.29 is 17.9 Å². The second kappa shape index (κ2) is 9.73. The lowest BCUT2D eigenvalue weighted by Gasteiger charge is -2.31. The van der Waals surface area contributed by atoms with Crippen LogP contribution in [0.2, 0.25) is 0 Å². The second-order valence-corrected chi connectivity index (χ2v) is 10.2. The lowest BCUT2D eigenvalue weighted by atomic mass is 9.99. The quantitative estimate of drug-likeness (QED) is 0.643. The van der Waals surface area contributed by atoms with Gasteiger partial charge in [-0.05, 0) is 80.1 Å². The summed E-state index contributed by atoms with van der Waals surface area (Å²) >= 11 is 0. The van der Waals surface area contributed by atoms with Gasteiger partial charge in [0.2, 0.25) is 5.91 Å². The summed E-state index contributed by atoms with van der Waals surface area (Å²) < 4.78 is 33.6. The summed E-state index contributed by atoms with van der Waals surface area (Å²) in [7, 11) is -2.26. The molecule has 1 saturated heterocycles. The van der Waals surface area contributed by atoms with Gasteiger partial charge in [-0.15, -0.1) is 0 Å². The van der Waals surface area contributed by atoms with Gasteiger partial charge < -0.3 is 9.64 Å². The van der Waals surface area contributed by atoms with Crippen LogP contribution in [0.4, 0.5) is 5.69 Å². The Labute approximate surface area is 185 Å². The van der Waals surface area contributed by atoms with E-state index in [1.807, 2.05) is 24.8 Å². The van der Waals surface area contributed by atoms with Crippen LogP contribution in [-0.2, 0) is 14.8 Å². The predicted octanol–water partition coefficient (Wildman–Crippen LogP) is 4.16. The number of hydrogen-bond acceptors (Lipinski definition) is 4. The molecule has 0 unspecified atom stereocenters. The molecular weight excluding hydrogens is 412 g/mol. The number of nitrogens with zero attached hydrogens (tertiary/aromatic N) is 2. The van der Waals surface area contributed by atoms with E-state index in [9.17, 15) is 13.2 Å². The van der Waals surface area contributed by atoms with Crippen LogP contribution >= 0.6 is 0 Å². The van der Waals surface area contributed by atoms with Crippen molar-refractivity contribution in [3.05, 3.63) is 53.6 Å². The number of aryl methyl sites for hydroxylation is 2. The van der Waals surface area contributed by atoms with Crippen molar-refractivity contribution >= 4 is 21.6 Å². The summed E-state index contributed by atoms with van der Waals surface area (Å²) in [6.45, 7) is 7.62. The fraction of sp³-hybridized carbons (Fsp3) is 0.458. The van der Waals surface area contributed by atoms with Gasteiger partial charge in [0.1, 0.15) is 5.75 Å². The Bertz CT molecular complexity index is 1010. The molecule has 7 heteroatoms. The highest BCUT2D eigenvalue weighted by molar-refractivity contribution is 7.92. The molecule has 1 aliphatic heterocycles. The maximum absolute atomic E-state index is 13.6. The minimum atomic E-state index is -3.83. The maximum atomic E-state index is 13.6. The van der Waals surface area contributed by atoms with E-state index in [0.717, 1.165) is 37.1 Å². The Hall–Kier alpha value is -2.54. The number of piperidine rings is 1. The number of sulfonamides is 1. The van der Waals surface area contributed by atoms with E-state index in [1.165, 1.54) is 4.31 Å². The topological polar surface area (TPSA) is 66.9 Å². The van der Waals surface area contributed by atoms with Gasteiger partial charge in [-0.25, -0.2) is 8.42 Å². The van der Waals surface area contributed by atoms with Crippen molar-refractivity contribution in [2.45, 2.75) is 44.9 Å². The molecule has 1 heterocycles. The average molecular weight is 445 g/mol. The van der Waals surface area contributed by atoms with Gasteiger partial charge in [-0.3, -0.25) is 9.10 Å². The number of carbonyl (C=O) groups excluding carboxylic acids is 1. The van der Waals surface area contributed by atoms with E-state index >= 15 is 0 Å². The van der Waals surface area contributed by atoms with Crippen molar-refractivity contribution in [1.82, 2.24) is 4.90 Å². The molecule has 1 fully saturated rings. The third-order valence-electron chi connectivity index (χ3n) is 6.09. The van der Waals surface area contributed by atoms with Crippen LogP contribution in [0.25, 0.3) is 0 Å². The number of ether oxygens (including phenoxy) is 1. The highest BCUT2D eigenvalue weighted by Crippen LogP contribution is 2.27. The molecule has 2 aromatic carbocycles. The fourth-order valence-corrected chi connectivity index (χ4v) is 5.30. The number of benzene rings is 2. The first-order valence-corrected chi connectivity index (χ1v) is 12.2. The monoisotopic (exact) mass is 444 g/mol. The number of carbonyl (C=O) groups is 1. The summed E-state index contributed by atoms with van der Waals surface area (Å²) in [5, 5.41) is 0. The molecule has 31 heavy (non-hydrogen) atoms. The smallest absolute Gasteiger partial charge is 0.264 e. The molecule has 0 atom stereocenters. The molecule has 0 aliphatic carbocycles. The Kier molecular flexibility index (Phi) is 7.26. The first kappa shape index (κ1) is 23.1. The lowest BCUT2D eigenvalue weighted by molar-refractivity contribution is -0.132. The predicted molar refractivity (Wildman–Crippen MR) is 123 cm³/mol. The Morgan fingerprint density at radius 2 is 1.71 bits per heavy atom. The molecule has 0 saturated carbocycles. The van der Waals surface area contributed by atoms with Crippen molar-refractivity contribution in [3.63, 3.8) is 0 Å². The highest BCUT2D eigenvalue weighted by Gasteiger charge is 2.27. The van der Waals surface area contributed by atoms with Gasteiger partial charge in [0.25, 0.3) is 10.0 Å². The van der Waals surface area contributed by atoms with Crippen molar-refractivity contribution in [2.24, 2.45) is 5.92 Å². The largest absolute Gasteiger partial charge is 0.497 e. The Balaban J connectivity index is 1.87. The fourth-order valence-electron chi connectivity index (χ4n) is 3.75. The van der Waals surface area contributed by atoms with Crippen LogP contribution in [0.3, 0.4) is 0 Å². The van der Waals surface area contributed by atoms with Gasteiger partial charge in [0, 0.05) is 26.1 Å². The number of rotatable bonds is 7. The van der Waals surface area contributed by atoms with Crippen molar-refractivity contribution in [3.8, 4) is 5.75 Å². The molecule has 0 bridgehead atoms. The van der Waals surface area contributed by atoms with Crippen molar-refractivity contribution in [1.29, 1.82) is 0 Å². The number of anilines is 1. The normalized spacial score (nSPS) is 15.0. The van der Waals surface area contributed by atoms with Gasteiger partial charge in [-0.1, -0.05) is 13.0 Å². The van der Waals surface area contributed by atoms with Gasteiger partial charge in [-0.2, -0.15) is 0 Å². The van der Waals surface area contributed by atoms with E-state index in [4.69, 9.17) is 4.74 Å². The number of amides is 1. The maximum Gasteiger partial charge on any atom is 0.264 e. The Morgan fingerprint density at radius 1 is 1.06 bits per heavy atom. The number of hydrogen-bond donors (Lipinski definition) is 0. The van der Waals surface area contributed by atoms with E-state index in [0.29, 0.717) is 17.4 Å². The summed E-state index contributed by atoms with van der Waals surface area (Å²) in [6.07, 6.45) is 2.13.